The van der Waals surface area contributed by atoms with E-state index in [4.69, 9.17) is 4.74 Å². The topological polar surface area (TPSA) is 128 Å². The number of pyridine rings is 2. The highest BCUT2D eigenvalue weighted by molar-refractivity contribution is 7.89. The normalized spacial score (nSPS) is 13.0. The average molecular weight is 555 g/mol. The number of nitrogens with zero attached hydrogens (tertiary/aromatic N) is 3. The molecule has 3 aromatic rings. The van der Waals surface area contributed by atoms with Crippen LogP contribution in [0.5, 0.6) is 11.6 Å². The lowest BCUT2D eigenvalue weighted by atomic mass is 10.0. The highest BCUT2D eigenvalue weighted by Crippen LogP contribution is 2.37. The number of amides is 2. The summed E-state index contributed by atoms with van der Waals surface area (Å²) in [7, 11) is 1.21. The SMILES string of the molecule is Cc1nc(F)ccc1Oc1ncc(C(F)(F)F)c(C)c1C(=O)Nc1cccc([S@@+]([O-])N(C)C(=O)[C@H](C)O)c1. The number of aromatic nitrogens is 2. The molecule has 202 valence electrons. The molecule has 0 fully saturated rings. The Hall–Kier alpha value is -3.75. The Labute approximate surface area is 217 Å². The number of aliphatic hydroxyl groups is 1. The number of ether oxygens (including phenoxy) is 1. The Morgan fingerprint density at radius 1 is 1.21 bits per heavy atom. The van der Waals surface area contributed by atoms with Crippen LogP contribution in [0.3, 0.4) is 0 Å². The standard InChI is InChI=1S/C24H22F4N4O5S/c1-12-17(24(26,27)28)11-29-22(37-18-8-9-19(25)30-13(18)2)20(12)21(34)31-15-6-5-7-16(10-15)38(36)32(4)23(35)14(3)33/h5-11,14,33H,1-4H3,(H,31,34)/t14-,38+/m0/s1. The van der Waals surface area contributed by atoms with Crippen molar-refractivity contribution in [3.8, 4) is 11.6 Å². The van der Waals surface area contributed by atoms with Gasteiger partial charge in [0.1, 0.15) is 23.0 Å². The third kappa shape index (κ3) is 6.38. The van der Waals surface area contributed by atoms with Gasteiger partial charge in [-0.1, -0.05) is 6.07 Å². The summed E-state index contributed by atoms with van der Waals surface area (Å²) in [5.41, 5.74) is -2.08. The minimum Gasteiger partial charge on any atom is -0.588 e. The van der Waals surface area contributed by atoms with Crippen LogP contribution in [0, 0.1) is 19.8 Å². The maximum Gasteiger partial charge on any atom is 0.418 e. The molecule has 0 saturated heterocycles. The quantitative estimate of drug-likeness (QED) is 0.255. The first-order chi connectivity index (χ1) is 17.7. The Balaban J connectivity index is 1.99. The van der Waals surface area contributed by atoms with Crippen molar-refractivity contribution in [2.24, 2.45) is 0 Å². The molecule has 3 rings (SSSR count). The van der Waals surface area contributed by atoms with Crippen molar-refractivity contribution in [3.63, 3.8) is 0 Å². The van der Waals surface area contributed by atoms with E-state index in [0.29, 0.717) is 6.20 Å². The van der Waals surface area contributed by atoms with E-state index < -0.39 is 64.0 Å². The monoisotopic (exact) mass is 554 g/mol. The maximum atomic E-state index is 13.6. The zero-order valence-corrected chi connectivity index (χ0v) is 21.3. The summed E-state index contributed by atoms with van der Waals surface area (Å²) in [6, 6.07) is 7.62. The predicted molar refractivity (Wildman–Crippen MR) is 128 cm³/mol. The van der Waals surface area contributed by atoms with Crippen LogP contribution < -0.4 is 10.1 Å². The number of carbonyl (C=O) groups excluding carboxylic acids is 2. The number of halogens is 4. The Bertz CT molecular complexity index is 1370. The second-order valence-electron chi connectivity index (χ2n) is 8.04. The molecule has 0 saturated carbocycles. The summed E-state index contributed by atoms with van der Waals surface area (Å²) in [5.74, 6) is -3.15. The molecular formula is C24H22F4N4O5S. The van der Waals surface area contributed by atoms with Gasteiger partial charge in [0, 0.05) is 18.0 Å². The number of anilines is 1. The highest BCUT2D eigenvalue weighted by atomic mass is 32.2. The van der Waals surface area contributed by atoms with Gasteiger partial charge >= 0.3 is 6.18 Å². The van der Waals surface area contributed by atoms with E-state index in [-0.39, 0.29) is 22.0 Å². The average Bonchev–Trinajstić information content (AvgIpc) is 2.83. The molecule has 1 aromatic carbocycles. The van der Waals surface area contributed by atoms with Crippen molar-refractivity contribution >= 4 is 28.9 Å². The predicted octanol–water partition coefficient (Wildman–Crippen LogP) is 4.16. The van der Waals surface area contributed by atoms with E-state index in [2.05, 4.69) is 15.3 Å². The number of aryl methyl sites for hydroxylation is 1. The smallest absolute Gasteiger partial charge is 0.418 e. The molecule has 2 amide bonds. The molecular weight excluding hydrogens is 532 g/mol. The first-order valence-electron chi connectivity index (χ1n) is 10.9. The molecule has 38 heavy (non-hydrogen) atoms. The third-order valence-electron chi connectivity index (χ3n) is 5.26. The Kier molecular flexibility index (Phi) is 8.59. The largest absolute Gasteiger partial charge is 0.588 e. The van der Waals surface area contributed by atoms with E-state index >= 15 is 0 Å². The highest BCUT2D eigenvalue weighted by Gasteiger charge is 2.36. The van der Waals surface area contributed by atoms with Gasteiger partial charge in [-0.25, -0.2) is 9.97 Å². The van der Waals surface area contributed by atoms with Gasteiger partial charge < -0.3 is 19.7 Å². The number of aliphatic hydroxyl groups excluding tert-OH is 1. The summed E-state index contributed by atoms with van der Waals surface area (Å²) in [4.78, 5) is 32.5. The van der Waals surface area contributed by atoms with E-state index in [1.807, 2.05) is 0 Å². The summed E-state index contributed by atoms with van der Waals surface area (Å²) in [6.07, 6.45) is -5.70. The Morgan fingerprint density at radius 2 is 1.89 bits per heavy atom. The van der Waals surface area contributed by atoms with Gasteiger partial charge in [0.05, 0.1) is 18.3 Å². The molecule has 9 nitrogen and oxygen atoms in total. The maximum absolute atomic E-state index is 13.6. The van der Waals surface area contributed by atoms with E-state index in [0.717, 1.165) is 17.3 Å². The molecule has 2 heterocycles. The number of likely N-dealkylation sites (N-methyl/N-ethyl adjacent to an activating group) is 1. The van der Waals surface area contributed by atoms with Crippen LogP contribution in [-0.2, 0) is 22.3 Å². The number of benzene rings is 1. The van der Waals surface area contributed by atoms with Crippen LogP contribution in [-0.4, -0.2) is 48.9 Å². The van der Waals surface area contributed by atoms with Gasteiger partial charge in [0.2, 0.25) is 11.8 Å². The van der Waals surface area contributed by atoms with Crippen molar-refractivity contribution in [2.45, 2.75) is 37.9 Å². The fourth-order valence-corrected chi connectivity index (χ4v) is 4.37. The zero-order chi connectivity index (χ0) is 28.4. The summed E-state index contributed by atoms with van der Waals surface area (Å²) < 4.78 is 73.2. The zero-order valence-electron chi connectivity index (χ0n) is 20.5. The Morgan fingerprint density at radius 3 is 2.50 bits per heavy atom. The third-order valence-corrected chi connectivity index (χ3v) is 6.59. The molecule has 2 N–H and O–H groups in total. The van der Waals surface area contributed by atoms with Crippen molar-refractivity contribution in [2.75, 3.05) is 12.4 Å². The number of alkyl halides is 3. The van der Waals surface area contributed by atoms with Gasteiger partial charge in [-0.15, -0.1) is 0 Å². The summed E-state index contributed by atoms with van der Waals surface area (Å²) >= 11 is -2.05. The molecule has 2 aromatic heterocycles. The van der Waals surface area contributed by atoms with Crippen LogP contribution >= 0.6 is 0 Å². The number of nitrogens with one attached hydrogen (secondary N) is 1. The lowest BCUT2D eigenvalue weighted by Gasteiger charge is -2.21. The fourth-order valence-electron chi connectivity index (χ4n) is 3.32. The second kappa shape index (κ2) is 11.3. The molecule has 14 heteroatoms. The summed E-state index contributed by atoms with van der Waals surface area (Å²) in [6.45, 7) is 3.69. The van der Waals surface area contributed by atoms with E-state index in [9.17, 15) is 36.8 Å². The fraction of sp³-hybridized carbons (Fsp3) is 0.250. The number of hydrogen-bond acceptors (Lipinski definition) is 7. The van der Waals surface area contributed by atoms with Crippen molar-refractivity contribution in [1.29, 1.82) is 0 Å². The molecule has 0 unspecified atom stereocenters. The molecule has 0 spiro atoms. The lowest BCUT2D eigenvalue weighted by Crippen LogP contribution is -2.39. The van der Waals surface area contributed by atoms with Crippen LogP contribution in [0.25, 0.3) is 0 Å². The van der Waals surface area contributed by atoms with Gasteiger partial charge in [0.25, 0.3) is 11.8 Å². The number of rotatable bonds is 7. The molecule has 0 aliphatic carbocycles. The van der Waals surface area contributed by atoms with Gasteiger partial charge in [-0.05, 0) is 50.6 Å². The minimum absolute atomic E-state index is 0.0321. The molecule has 2 atom stereocenters. The van der Waals surface area contributed by atoms with Gasteiger partial charge in [0.15, 0.2) is 10.6 Å². The number of carbonyl (C=O) groups is 2. The molecule has 0 aliphatic heterocycles. The van der Waals surface area contributed by atoms with Crippen LogP contribution in [0.1, 0.15) is 34.1 Å². The van der Waals surface area contributed by atoms with E-state index in [1.54, 1.807) is 0 Å². The van der Waals surface area contributed by atoms with Gasteiger partial charge in [-0.3, -0.25) is 9.59 Å². The van der Waals surface area contributed by atoms with Crippen LogP contribution in [0.2, 0.25) is 0 Å². The molecule has 0 aliphatic rings. The van der Waals surface area contributed by atoms with Crippen molar-refractivity contribution < 1.29 is 41.5 Å². The van der Waals surface area contributed by atoms with Gasteiger partial charge in [-0.2, -0.15) is 21.9 Å². The van der Waals surface area contributed by atoms with E-state index in [1.165, 1.54) is 51.2 Å². The van der Waals surface area contributed by atoms with Crippen molar-refractivity contribution in [1.82, 2.24) is 14.3 Å². The van der Waals surface area contributed by atoms with Crippen molar-refractivity contribution in [3.05, 3.63) is 70.9 Å². The molecule has 0 bridgehead atoms. The van der Waals surface area contributed by atoms with Crippen LogP contribution in [0.15, 0.2) is 47.5 Å². The summed E-state index contributed by atoms with van der Waals surface area (Å²) in [5, 5.41) is 11.9. The lowest BCUT2D eigenvalue weighted by molar-refractivity contribution is -0.138. The van der Waals surface area contributed by atoms with Crippen LogP contribution in [0.4, 0.5) is 23.2 Å². The first-order valence-corrected chi connectivity index (χ1v) is 12.0. The molecule has 0 radical (unpaired) electrons. The first kappa shape index (κ1) is 28.8. The second-order valence-corrected chi connectivity index (χ2v) is 9.55. The minimum atomic E-state index is -4.82. The number of hydrogen-bond donors (Lipinski definition) is 2.